The standard InChI is InChI=1S/C13H19NO4/c1-13(2,3)18-12(17)14-10(11(15)16)9-7-5-4-6-8-9/h4-5,7,10H,6,8H2,1-3H3,(H,14,17)(H,15,16). The van der Waals surface area contributed by atoms with Gasteiger partial charge in [0.15, 0.2) is 6.04 Å². The van der Waals surface area contributed by atoms with Gasteiger partial charge in [0, 0.05) is 0 Å². The normalized spacial score (nSPS) is 16.7. The van der Waals surface area contributed by atoms with Crippen molar-refractivity contribution in [2.45, 2.75) is 45.3 Å². The second-order valence-corrected chi connectivity index (χ2v) is 5.13. The Labute approximate surface area is 107 Å². The number of allylic oxidation sites excluding steroid dienone is 3. The number of nitrogens with one attached hydrogen (secondary N) is 1. The van der Waals surface area contributed by atoms with Gasteiger partial charge >= 0.3 is 12.1 Å². The Morgan fingerprint density at radius 1 is 1.44 bits per heavy atom. The highest BCUT2D eigenvalue weighted by molar-refractivity contribution is 5.83. The zero-order valence-corrected chi connectivity index (χ0v) is 10.9. The largest absolute Gasteiger partial charge is 0.479 e. The van der Waals surface area contributed by atoms with Crippen LogP contribution in [0.1, 0.15) is 33.6 Å². The SMILES string of the molecule is CC(C)(C)OC(=O)NC(C(=O)O)C1=CC=CCC1. The van der Waals surface area contributed by atoms with E-state index in [4.69, 9.17) is 9.84 Å². The molecule has 0 saturated carbocycles. The maximum absolute atomic E-state index is 11.6. The molecule has 0 aromatic rings. The summed E-state index contributed by atoms with van der Waals surface area (Å²) in [5.41, 5.74) is 0.0319. The minimum atomic E-state index is -1.08. The van der Waals surface area contributed by atoms with Crippen LogP contribution in [-0.4, -0.2) is 28.8 Å². The molecule has 2 N–H and O–H groups in total. The van der Waals surface area contributed by atoms with Gasteiger partial charge in [-0.05, 0) is 39.2 Å². The number of hydrogen-bond acceptors (Lipinski definition) is 3. The number of amides is 1. The molecule has 0 heterocycles. The molecule has 1 unspecified atom stereocenters. The van der Waals surface area contributed by atoms with Gasteiger partial charge in [0.1, 0.15) is 5.60 Å². The van der Waals surface area contributed by atoms with E-state index in [1.165, 1.54) is 0 Å². The molecule has 0 aromatic heterocycles. The Kier molecular flexibility index (Phi) is 4.53. The van der Waals surface area contributed by atoms with E-state index >= 15 is 0 Å². The number of ether oxygens (including phenoxy) is 1. The third-order valence-corrected chi connectivity index (χ3v) is 2.32. The third-order valence-electron chi connectivity index (χ3n) is 2.32. The Bertz CT molecular complexity index is 390. The highest BCUT2D eigenvalue weighted by Crippen LogP contribution is 2.16. The van der Waals surface area contributed by atoms with E-state index in [0.717, 1.165) is 6.42 Å². The van der Waals surface area contributed by atoms with Crippen molar-refractivity contribution < 1.29 is 19.4 Å². The molecule has 0 aliphatic heterocycles. The second-order valence-electron chi connectivity index (χ2n) is 5.13. The van der Waals surface area contributed by atoms with Crippen molar-refractivity contribution in [1.82, 2.24) is 5.32 Å². The van der Waals surface area contributed by atoms with Crippen molar-refractivity contribution in [1.29, 1.82) is 0 Å². The lowest BCUT2D eigenvalue weighted by atomic mass is 9.98. The fraction of sp³-hybridized carbons (Fsp3) is 0.538. The number of carboxylic acid groups (broad SMARTS) is 1. The zero-order chi connectivity index (χ0) is 13.8. The van der Waals surface area contributed by atoms with Gasteiger partial charge in [0.05, 0.1) is 0 Å². The predicted molar refractivity (Wildman–Crippen MR) is 67.3 cm³/mol. The van der Waals surface area contributed by atoms with Crippen LogP contribution in [0.5, 0.6) is 0 Å². The van der Waals surface area contributed by atoms with Crippen molar-refractivity contribution >= 4 is 12.1 Å². The minimum absolute atomic E-state index is 0.628. The number of carboxylic acids is 1. The molecule has 1 aliphatic carbocycles. The van der Waals surface area contributed by atoms with E-state index in [2.05, 4.69) is 5.32 Å². The Morgan fingerprint density at radius 2 is 2.11 bits per heavy atom. The van der Waals surface area contributed by atoms with Gasteiger partial charge in [0.25, 0.3) is 0 Å². The maximum atomic E-state index is 11.6. The van der Waals surface area contributed by atoms with E-state index in [1.54, 1.807) is 32.9 Å². The molecule has 5 nitrogen and oxygen atoms in total. The molecule has 1 rings (SSSR count). The molecule has 0 radical (unpaired) electrons. The predicted octanol–water partition coefficient (Wildman–Crippen LogP) is 2.24. The summed E-state index contributed by atoms with van der Waals surface area (Å²) in [5, 5.41) is 11.5. The van der Waals surface area contributed by atoms with Crippen LogP contribution in [0.2, 0.25) is 0 Å². The van der Waals surface area contributed by atoms with Crippen LogP contribution in [0.4, 0.5) is 4.79 Å². The Balaban J connectivity index is 2.70. The van der Waals surface area contributed by atoms with Gasteiger partial charge in [-0.15, -0.1) is 0 Å². The number of rotatable bonds is 3. The first kappa shape index (κ1) is 14.3. The van der Waals surface area contributed by atoms with E-state index in [0.29, 0.717) is 12.0 Å². The summed E-state index contributed by atoms with van der Waals surface area (Å²) < 4.78 is 5.05. The third kappa shape index (κ3) is 4.61. The lowest BCUT2D eigenvalue weighted by Crippen LogP contribution is -2.44. The summed E-state index contributed by atoms with van der Waals surface area (Å²) in [4.78, 5) is 22.7. The Hall–Kier alpha value is -1.78. The molecule has 0 aromatic carbocycles. The molecule has 18 heavy (non-hydrogen) atoms. The highest BCUT2D eigenvalue weighted by atomic mass is 16.6. The van der Waals surface area contributed by atoms with Gasteiger partial charge in [0.2, 0.25) is 0 Å². The number of carbonyl (C=O) groups is 2. The van der Waals surface area contributed by atoms with Crippen LogP contribution in [0.25, 0.3) is 0 Å². The van der Waals surface area contributed by atoms with Crippen molar-refractivity contribution in [3.05, 3.63) is 23.8 Å². The summed E-state index contributed by atoms with van der Waals surface area (Å²) in [6.07, 6.45) is 6.17. The molecule has 1 amide bonds. The number of alkyl carbamates (subject to hydrolysis) is 1. The molecular formula is C13H19NO4. The topological polar surface area (TPSA) is 75.6 Å². The number of carbonyl (C=O) groups excluding carboxylic acids is 1. The minimum Gasteiger partial charge on any atom is -0.479 e. The molecule has 0 bridgehead atoms. The fourth-order valence-electron chi connectivity index (χ4n) is 1.60. The summed E-state index contributed by atoms with van der Waals surface area (Å²) in [6.45, 7) is 5.18. The average molecular weight is 253 g/mol. The Morgan fingerprint density at radius 3 is 2.56 bits per heavy atom. The van der Waals surface area contributed by atoms with Gasteiger partial charge < -0.3 is 15.2 Å². The summed E-state index contributed by atoms with van der Waals surface area (Å²) >= 11 is 0. The summed E-state index contributed by atoms with van der Waals surface area (Å²) in [5.74, 6) is -1.08. The van der Waals surface area contributed by atoms with Crippen molar-refractivity contribution in [3.8, 4) is 0 Å². The van der Waals surface area contributed by atoms with Crippen LogP contribution in [0.3, 0.4) is 0 Å². The van der Waals surface area contributed by atoms with Crippen LogP contribution < -0.4 is 5.32 Å². The van der Waals surface area contributed by atoms with Crippen LogP contribution in [0.15, 0.2) is 23.8 Å². The molecule has 5 heteroatoms. The number of aliphatic carboxylic acids is 1. The lowest BCUT2D eigenvalue weighted by Gasteiger charge is -2.23. The van der Waals surface area contributed by atoms with Gasteiger partial charge in [-0.2, -0.15) is 0 Å². The molecule has 0 spiro atoms. The van der Waals surface area contributed by atoms with E-state index in [1.807, 2.05) is 6.08 Å². The molecule has 0 saturated heterocycles. The zero-order valence-electron chi connectivity index (χ0n) is 10.9. The van der Waals surface area contributed by atoms with Crippen LogP contribution in [-0.2, 0) is 9.53 Å². The van der Waals surface area contributed by atoms with Crippen LogP contribution >= 0.6 is 0 Å². The van der Waals surface area contributed by atoms with E-state index in [-0.39, 0.29) is 0 Å². The van der Waals surface area contributed by atoms with Crippen molar-refractivity contribution in [3.63, 3.8) is 0 Å². The second kappa shape index (κ2) is 5.71. The first-order valence-corrected chi connectivity index (χ1v) is 5.87. The molecule has 0 fully saturated rings. The van der Waals surface area contributed by atoms with E-state index in [9.17, 15) is 9.59 Å². The molecule has 1 atom stereocenters. The van der Waals surface area contributed by atoms with E-state index < -0.39 is 23.7 Å². The monoisotopic (exact) mass is 253 g/mol. The molecule has 100 valence electrons. The summed E-state index contributed by atoms with van der Waals surface area (Å²) in [6, 6.07) is -1.02. The lowest BCUT2D eigenvalue weighted by molar-refractivity contribution is -0.138. The highest BCUT2D eigenvalue weighted by Gasteiger charge is 2.26. The van der Waals surface area contributed by atoms with Crippen molar-refractivity contribution in [2.75, 3.05) is 0 Å². The van der Waals surface area contributed by atoms with Gasteiger partial charge in [-0.25, -0.2) is 9.59 Å². The van der Waals surface area contributed by atoms with Gasteiger partial charge in [-0.1, -0.05) is 18.2 Å². The molecule has 1 aliphatic rings. The smallest absolute Gasteiger partial charge is 0.408 e. The molecular weight excluding hydrogens is 234 g/mol. The van der Waals surface area contributed by atoms with Crippen molar-refractivity contribution in [2.24, 2.45) is 0 Å². The maximum Gasteiger partial charge on any atom is 0.408 e. The fourth-order valence-corrected chi connectivity index (χ4v) is 1.60. The quantitative estimate of drug-likeness (QED) is 0.808. The summed E-state index contributed by atoms with van der Waals surface area (Å²) in [7, 11) is 0. The average Bonchev–Trinajstić information content (AvgIpc) is 2.24. The first-order chi connectivity index (χ1) is 8.29. The number of hydrogen-bond donors (Lipinski definition) is 2. The van der Waals surface area contributed by atoms with Gasteiger partial charge in [-0.3, -0.25) is 0 Å². The first-order valence-electron chi connectivity index (χ1n) is 5.87. The van der Waals surface area contributed by atoms with Crippen LogP contribution in [0, 0.1) is 0 Å².